The number of benzene rings is 2. The minimum Gasteiger partial charge on any atom is -0.448 e. The lowest BCUT2D eigenvalue weighted by atomic mass is 10.2. The third kappa shape index (κ3) is 4.96. The fraction of sp³-hybridized carbons (Fsp3) is 0.150. The molecule has 1 N–H and O–H groups in total. The third-order valence-electron chi connectivity index (χ3n) is 3.92. The van der Waals surface area contributed by atoms with Gasteiger partial charge in [-0.3, -0.25) is 4.79 Å². The number of carbonyl (C=O) groups is 2. The molecule has 1 heterocycles. The van der Waals surface area contributed by atoms with Crippen LogP contribution in [-0.2, 0) is 9.53 Å². The molecule has 0 saturated heterocycles. The van der Waals surface area contributed by atoms with Gasteiger partial charge in [0, 0.05) is 16.7 Å². The van der Waals surface area contributed by atoms with Gasteiger partial charge in [0.25, 0.3) is 5.91 Å². The van der Waals surface area contributed by atoms with Gasteiger partial charge in [-0.05, 0) is 38.1 Å². The summed E-state index contributed by atoms with van der Waals surface area (Å²) in [6, 6.07) is 9.73. The molecule has 3 aromatic rings. The Morgan fingerprint density at radius 1 is 1.17 bits per heavy atom. The Morgan fingerprint density at radius 3 is 2.52 bits per heavy atom. The van der Waals surface area contributed by atoms with Crippen molar-refractivity contribution in [2.75, 3.05) is 5.32 Å². The average molecular weight is 437 g/mol. The molecule has 0 spiro atoms. The molecule has 0 bridgehead atoms. The van der Waals surface area contributed by atoms with Gasteiger partial charge in [-0.25, -0.2) is 18.6 Å². The number of aromatic nitrogens is 1. The van der Waals surface area contributed by atoms with Gasteiger partial charge in [0.05, 0.1) is 11.4 Å². The Hall–Kier alpha value is -2.84. The van der Waals surface area contributed by atoms with Crippen LogP contribution in [0.3, 0.4) is 0 Å². The number of anilines is 1. The van der Waals surface area contributed by atoms with E-state index >= 15 is 0 Å². The fourth-order valence-corrected chi connectivity index (χ4v) is 3.48. The van der Waals surface area contributed by atoms with E-state index in [1.807, 2.05) is 0 Å². The number of nitrogens with one attached hydrogen (secondary N) is 1. The molecule has 9 heteroatoms. The highest BCUT2D eigenvalue weighted by Gasteiger charge is 2.24. The molecule has 1 atom stereocenters. The van der Waals surface area contributed by atoms with Crippen molar-refractivity contribution >= 4 is 40.5 Å². The van der Waals surface area contributed by atoms with Crippen LogP contribution in [0.2, 0.25) is 5.02 Å². The standard InChI is InChI=1S/C20H15ClF2N2O3S/c1-10-17(29-19(24-10)12-3-5-13(21)6-4-12)20(27)28-11(2)18(26)25-16-8-7-14(22)9-15(16)23/h3-9,11H,1-2H3,(H,25,26). The van der Waals surface area contributed by atoms with Crippen molar-refractivity contribution in [3.8, 4) is 10.6 Å². The minimum absolute atomic E-state index is 0.210. The molecule has 0 aliphatic heterocycles. The first-order valence-electron chi connectivity index (χ1n) is 8.45. The van der Waals surface area contributed by atoms with E-state index in [-0.39, 0.29) is 10.6 Å². The summed E-state index contributed by atoms with van der Waals surface area (Å²) < 4.78 is 31.8. The number of esters is 1. The predicted molar refractivity (Wildman–Crippen MR) is 107 cm³/mol. The number of aryl methyl sites for hydroxylation is 1. The summed E-state index contributed by atoms with van der Waals surface area (Å²) in [7, 11) is 0. The van der Waals surface area contributed by atoms with Crippen LogP contribution < -0.4 is 5.32 Å². The van der Waals surface area contributed by atoms with E-state index in [0.29, 0.717) is 21.8 Å². The Morgan fingerprint density at radius 2 is 1.86 bits per heavy atom. The molecule has 3 rings (SSSR count). The smallest absolute Gasteiger partial charge is 0.351 e. The van der Waals surface area contributed by atoms with Gasteiger partial charge in [-0.1, -0.05) is 23.7 Å². The summed E-state index contributed by atoms with van der Waals surface area (Å²) in [6.45, 7) is 3.01. The summed E-state index contributed by atoms with van der Waals surface area (Å²) >= 11 is 7.00. The van der Waals surface area contributed by atoms with Crippen molar-refractivity contribution in [3.63, 3.8) is 0 Å². The molecule has 1 amide bonds. The fourth-order valence-electron chi connectivity index (χ4n) is 2.39. The van der Waals surface area contributed by atoms with E-state index in [1.165, 1.54) is 6.92 Å². The molecule has 0 radical (unpaired) electrons. The van der Waals surface area contributed by atoms with Gasteiger partial charge in [-0.2, -0.15) is 0 Å². The highest BCUT2D eigenvalue weighted by Crippen LogP contribution is 2.29. The molecule has 0 aliphatic carbocycles. The highest BCUT2D eigenvalue weighted by atomic mass is 35.5. The number of rotatable bonds is 5. The number of carbonyl (C=O) groups excluding carboxylic acids is 2. The predicted octanol–water partition coefficient (Wildman–Crippen LogP) is 5.23. The Labute approximate surface area is 174 Å². The van der Waals surface area contributed by atoms with E-state index < -0.39 is 29.6 Å². The number of ether oxygens (including phenoxy) is 1. The molecule has 29 heavy (non-hydrogen) atoms. The van der Waals surface area contributed by atoms with Crippen LogP contribution in [0.5, 0.6) is 0 Å². The van der Waals surface area contributed by atoms with E-state index in [0.717, 1.165) is 29.0 Å². The van der Waals surface area contributed by atoms with Crippen LogP contribution >= 0.6 is 22.9 Å². The van der Waals surface area contributed by atoms with Gasteiger partial charge in [-0.15, -0.1) is 11.3 Å². The molecular formula is C20H15ClF2N2O3S. The summed E-state index contributed by atoms with van der Waals surface area (Å²) in [5.74, 6) is -3.16. The maximum Gasteiger partial charge on any atom is 0.351 e. The Kier molecular flexibility index (Phi) is 6.24. The molecule has 0 aliphatic rings. The number of halogens is 3. The Balaban J connectivity index is 1.69. The zero-order chi connectivity index (χ0) is 21.1. The molecule has 150 valence electrons. The second kappa shape index (κ2) is 8.67. The van der Waals surface area contributed by atoms with Crippen LogP contribution in [0.1, 0.15) is 22.3 Å². The first-order valence-corrected chi connectivity index (χ1v) is 9.64. The number of amides is 1. The van der Waals surface area contributed by atoms with Crippen molar-refractivity contribution in [2.45, 2.75) is 20.0 Å². The summed E-state index contributed by atoms with van der Waals surface area (Å²) in [5, 5.41) is 3.45. The molecule has 0 fully saturated rings. The molecule has 5 nitrogen and oxygen atoms in total. The van der Waals surface area contributed by atoms with Crippen LogP contribution in [0.4, 0.5) is 14.5 Å². The zero-order valence-corrected chi connectivity index (χ0v) is 16.9. The maximum atomic E-state index is 13.7. The number of nitrogens with zero attached hydrogens (tertiary/aromatic N) is 1. The number of thiazole rings is 1. The van der Waals surface area contributed by atoms with E-state index in [4.69, 9.17) is 16.3 Å². The van der Waals surface area contributed by atoms with Crippen molar-refractivity contribution in [3.05, 3.63) is 69.7 Å². The second-order valence-electron chi connectivity index (χ2n) is 6.10. The van der Waals surface area contributed by atoms with Gasteiger partial charge in [0.2, 0.25) is 0 Å². The summed E-state index contributed by atoms with van der Waals surface area (Å²) in [4.78, 5) is 29.3. The molecule has 0 saturated carbocycles. The average Bonchev–Trinajstić information content (AvgIpc) is 3.06. The van der Waals surface area contributed by atoms with Crippen LogP contribution in [0.25, 0.3) is 10.6 Å². The lowest BCUT2D eigenvalue weighted by Crippen LogP contribution is -2.30. The van der Waals surface area contributed by atoms with Crippen molar-refractivity contribution in [1.82, 2.24) is 4.98 Å². The number of hydrogen-bond acceptors (Lipinski definition) is 5. The topological polar surface area (TPSA) is 68.3 Å². The van der Waals surface area contributed by atoms with Gasteiger partial charge < -0.3 is 10.1 Å². The Bertz CT molecular complexity index is 1070. The molecule has 2 aromatic carbocycles. The summed E-state index contributed by atoms with van der Waals surface area (Å²) in [5.41, 5.74) is 1.04. The van der Waals surface area contributed by atoms with Crippen molar-refractivity contribution in [1.29, 1.82) is 0 Å². The van der Waals surface area contributed by atoms with Crippen LogP contribution in [0, 0.1) is 18.6 Å². The van der Waals surface area contributed by atoms with Crippen molar-refractivity contribution in [2.24, 2.45) is 0 Å². The van der Waals surface area contributed by atoms with Gasteiger partial charge >= 0.3 is 5.97 Å². The lowest BCUT2D eigenvalue weighted by Gasteiger charge is -2.13. The third-order valence-corrected chi connectivity index (χ3v) is 5.35. The second-order valence-corrected chi connectivity index (χ2v) is 7.54. The zero-order valence-electron chi connectivity index (χ0n) is 15.3. The van der Waals surface area contributed by atoms with E-state index in [2.05, 4.69) is 10.3 Å². The first kappa shape index (κ1) is 20.9. The van der Waals surface area contributed by atoms with Gasteiger partial charge in [0.15, 0.2) is 6.10 Å². The molecule has 1 unspecified atom stereocenters. The van der Waals surface area contributed by atoms with Crippen molar-refractivity contribution < 1.29 is 23.1 Å². The molecule has 1 aromatic heterocycles. The molecular weight excluding hydrogens is 422 g/mol. The van der Waals surface area contributed by atoms with E-state index in [9.17, 15) is 18.4 Å². The van der Waals surface area contributed by atoms with Gasteiger partial charge in [0.1, 0.15) is 21.5 Å². The SMILES string of the molecule is Cc1nc(-c2ccc(Cl)cc2)sc1C(=O)OC(C)C(=O)Nc1ccc(F)cc1F. The quantitative estimate of drug-likeness (QED) is 0.556. The first-order chi connectivity index (χ1) is 13.7. The highest BCUT2D eigenvalue weighted by molar-refractivity contribution is 7.17. The van der Waals surface area contributed by atoms with E-state index in [1.54, 1.807) is 31.2 Å². The summed E-state index contributed by atoms with van der Waals surface area (Å²) in [6.07, 6.45) is -1.20. The minimum atomic E-state index is -1.20. The maximum absolute atomic E-state index is 13.7. The normalized spacial score (nSPS) is 11.8. The van der Waals surface area contributed by atoms with Crippen LogP contribution in [0.15, 0.2) is 42.5 Å². The lowest BCUT2D eigenvalue weighted by molar-refractivity contribution is -0.123. The monoisotopic (exact) mass is 436 g/mol. The number of hydrogen-bond donors (Lipinski definition) is 1. The van der Waals surface area contributed by atoms with Crippen LogP contribution in [-0.4, -0.2) is 23.0 Å². The largest absolute Gasteiger partial charge is 0.448 e.